The second-order valence-electron chi connectivity index (χ2n) is 5.95. The van der Waals surface area contributed by atoms with Crippen LogP contribution in [0.1, 0.15) is 40.0 Å². The lowest BCUT2D eigenvalue weighted by molar-refractivity contribution is -0.142. The fraction of sp³-hybridized carbons (Fsp3) is 0.857. The van der Waals surface area contributed by atoms with Crippen LogP contribution < -0.4 is 5.32 Å². The Bertz CT molecular complexity index is 318. The molecular formula is C14H26N2O3. The highest BCUT2D eigenvalue weighted by molar-refractivity contribution is 5.77. The van der Waals surface area contributed by atoms with Crippen molar-refractivity contribution in [1.82, 2.24) is 10.2 Å². The molecule has 0 unspecified atom stereocenters. The first-order valence-electron chi connectivity index (χ1n) is 7.17. The van der Waals surface area contributed by atoms with Gasteiger partial charge in [-0.2, -0.15) is 0 Å². The predicted molar refractivity (Wildman–Crippen MR) is 74.0 cm³/mol. The first kappa shape index (κ1) is 15.8. The van der Waals surface area contributed by atoms with E-state index >= 15 is 0 Å². The van der Waals surface area contributed by atoms with Crippen LogP contribution in [0, 0.1) is 17.8 Å². The summed E-state index contributed by atoms with van der Waals surface area (Å²) in [5.74, 6) is -0.498. The Kier molecular flexibility index (Phi) is 6.12. The third-order valence-corrected chi connectivity index (χ3v) is 3.70. The molecule has 0 radical (unpaired) electrons. The minimum absolute atomic E-state index is 0.0317. The average Bonchev–Trinajstić information content (AvgIpc) is 2.70. The molecule has 19 heavy (non-hydrogen) atoms. The number of nitrogens with one attached hydrogen (secondary N) is 1. The summed E-state index contributed by atoms with van der Waals surface area (Å²) in [5.41, 5.74) is 0. The molecule has 0 aliphatic carbocycles. The van der Waals surface area contributed by atoms with E-state index in [2.05, 4.69) is 19.2 Å². The maximum atomic E-state index is 11.9. The van der Waals surface area contributed by atoms with Gasteiger partial charge in [0.1, 0.15) is 0 Å². The smallest absolute Gasteiger partial charge is 0.317 e. The number of likely N-dealkylation sites (tertiary alicyclic amines) is 1. The van der Waals surface area contributed by atoms with Gasteiger partial charge in [-0.15, -0.1) is 0 Å². The van der Waals surface area contributed by atoms with Crippen LogP contribution in [-0.2, 0) is 4.79 Å². The Morgan fingerprint density at radius 1 is 1.32 bits per heavy atom. The number of nitrogens with zero attached hydrogens (tertiary/aromatic N) is 1. The number of unbranched alkanes of at least 4 members (excludes halogenated alkanes) is 1. The van der Waals surface area contributed by atoms with Gasteiger partial charge in [-0.1, -0.05) is 33.6 Å². The summed E-state index contributed by atoms with van der Waals surface area (Å²) in [5, 5.41) is 11.9. The monoisotopic (exact) mass is 270 g/mol. The topological polar surface area (TPSA) is 69.6 Å². The van der Waals surface area contributed by atoms with Crippen LogP contribution in [0.2, 0.25) is 0 Å². The van der Waals surface area contributed by atoms with Crippen molar-refractivity contribution in [3.05, 3.63) is 0 Å². The fourth-order valence-corrected chi connectivity index (χ4v) is 2.44. The van der Waals surface area contributed by atoms with E-state index in [4.69, 9.17) is 5.11 Å². The number of urea groups is 1. The van der Waals surface area contributed by atoms with Crippen molar-refractivity contribution in [1.29, 1.82) is 0 Å². The molecular weight excluding hydrogens is 244 g/mol. The summed E-state index contributed by atoms with van der Waals surface area (Å²) in [6, 6.07) is -0.125. The Labute approximate surface area is 115 Å². The number of carbonyl (C=O) groups is 2. The lowest BCUT2D eigenvalue weighted by Crippen LogP contribution is -2.39. The SMILES string of the molecule is CC(C)CCCCNC(=O)N1C[C@@H](C)[C@H](C(=O)O)C1. The standard InChI is InChI=1S/C14H26N2O3/c1-10(2)6-4-5-7-15-14(19)16-8-11(3)12(9-16)13(17)18/h10-12H,4-9H2,1-3H3,(H,15,19)(H,17,18)/t11-,12-/m1/s1. The summed E-state index contributed by atoms with van der Waals surface area (Å²) in [6.45, 7) is 7.80. The van der Waals surface area contributed by atoms with Gasteiger partial charge in [0.05, 0.1) is 5.92 Å². The molecule has 1 rings (SSSR count). The Hall–Kier alpha value is -1.26. The van der Waals surface area contributed by atoms with E-state index in [1.807, 2.05) is 6.92 Å². The molecule has 0 aromatic rings. The average molecular weight is 270 g/mol. The lowest BCUT2D eigenvalue weighted by atomic mass is 9.99. The van der Waals surface area contributed by atoms with Crippen LogP contribution in [-0.4, -0.2) is 41.6 Å². The number of carboxylic acids is 1. The molecule has 110 valence electrons. The van der Waals surface area contributed by atoms with Gasteiger partial charge >= 0.3 is 12.0 Å². The molecule has 5 nitrogen and oxygen atoms in total. The summed E-state index contributed by atoms with van der Waals surface area (Å²) in [6.07, 6.45) is 3.28. The Morgan fingerprint density at radius 3 is 2.53 bits per heavy atom. The molecule has 2 atom stereocenters. The number of amides is 2. The van der Waals surface area contributed by atoms with E-state index < -0.39 is 11.9 Å². The van der Waals surface area contributed by atoms with Gasteiger partial charge in [0, 0.05) is 19.6 Å². The second-order valence-corrected chi connectivity index (χ2v) is 5.95. The van der Waals surface area contributed by atoms with Crippen LogP contribution in [0.4, 0.5) is 4.79 Å². The zero-order valence-corrected chi connectivity index (χ0v) is 12.2. The Balaban J connectivity index is 2.22. The second kappa shape index (κ2) is 7.36. The van der Waals surface area contributed by atoms with Crippen LogP contribution in [0.25, 0.3) is 0 Å². The third kappa shape index (κ3) is 5.09. The molecule has 0 aromatic carbocycles. The van der Waals surface area contributed by atoms with E-state index in [0.717, 1.165) is 12.8 Å². The molecule has 0 bridgehead atoms. The van der Waals surface area contributed by atoms with Crippen molar-refractivity contribution < 1.29 is 14.7 Å². The molecule has 0 aromatic heterocycles. The van der Waals surface area contributed by atoms with Crippen LogP contribution in [0.3, 0.4) is 0 Å². The summed E-state index contributed by atoms with van der Waals surface area (Å²) in [7, 11) is 0. The molecule has 1 aliphatic heterocycles. The van der Waals surface area contributed by atoms with Gasteiger partial charge in [0.15, 0.2) is 0 Å². The van der Waals surface area contributed by atoms with Gasteiger partial charge < -0.3 is 15.3 Å². The quantitative estimate of drug-likeness (QED) is 0.727. The normalized spacial score (nSPS) is 22.8. The van der Waals surface area contributed by atoms with Crippen molar-refractivity contribution in [2.75, 3.05) is 19.6 Å². The van der Waals surface area contributed by atoms with Gasteiger partial charge in [-0.25, -0.2) is 4.79 Å². The van der Waals surface area contributed by atoms with Crippen LogP contribution in [0.15, 0.2) is 0 Å². The van der Waals surface area contributed by atoms with Crippen molar-refractivity contribution in [3.63, 3.8) is 0 Å². The van der Waals surface area contributed by atoms with Crippen LogP contribution in [0.5, 0.6) is 0 Å². The number of hydrogen-bond donors (Lipinski definition) is 2. The van der Waals surface area contributed by atoms with Gasteiger partial charge in [-0.05, 0) is 18.3 Å². The third-order valence-electron chi connectivity index (χ3n) is 3.70. The zero-order chi connectivity index (χ0) is 14.4. The molecule has 2 N–H and O–H groups in total. The number of carbonyl (C=O) groups excluding carboxylic acids is 1. The molecule has 0 saturated carbocycles. The van der Waals surface area contributed by atoms with Gasteiger partial charge in [0.2, 0.25) is 0 Å². The molecule has 5 heteroatoms. The summed E-state index contributed by atoms with van der Waals surface area (Å²) < 4.78 is 0. The molecule has 2 amide bonds. The minimum atomic E-state index is -0.806. The maximum absolute atomic E-state index is 11.9. The van der Waals surface area contributed by atoms with Crippen molar-refractivity contribution >= 4 is 12.0 Å². The molecule has 1 fully saturated rings. The largest absolute Gasteiger partial charge is 0.481 e. The summed E-state index contributed by atoms with van der Waals surface area (Å²) in [4.78, 5) is 24.5. The highest BCUT2D eigenvalue weighted by Crippen LogP contribution is 2.22. The number of rotatable bonds is 6. The summed E-state index contributed by atoms with van der Waals surface area (Å²) >= 11 is 0. The highest BCUT2D eigenvalue weighted by atomic mass is 16.4. The van der Waals surface area contributed by atoms with E-state index in [0.29, 0.717) is 25.6 Å². The molecule has 1 saturated heterocycles. The predicted octanol–water partition coefficient (Wildman–Crippen LogP) is 2.17. The fourth-order valence-electron chi connectivity index (χ4n) is 2.44. The van der Waals surface area contributed by atoms with E-state index in [-0.39, 0.29) is 11.9 Å². The van der Waals surface area contributed by atoms with E-state index in [9.17, 15) is 9.59 Å². The first-order valence-corrected chi connectivity index (χ1v) is 7.17. The van der Waals surface area contributed by atoms with Gasteiger partial charge in [0.25, 0.3) is 0 Å². The minimum Gasteiger partial charge on any atom is -0.481 e. The first-order chi connectivity index (χ1) is 8.91. The maximum Gasteiger partial charge on any atom is 0.317 e. The van der Waals surface area contributed by atoms with Crippen molar-refractivity contribution in [3.8, 4) is 0 Å². The van der Waals surface area contributed by atoms with Crippen molar-refractivity contribution in [2.24, 2.45) is 17.8 Å². The van der Waals surface area contributed by atoms with Crippen molar-refractivity contribution in [2.45, 2.75) is 40.0 Å². The van der Waals surface area contributed by atoms with Gasteiger partial charge in [-0.3, -0.25) is 4.79 Å². The number of hydrogen-bond acceptors (Lipinski definition) is 2. The Morgan fingerprint density at radius 2 is 2.00 bits per heavy atom. The number of carboxylic acid groups (broad SMARTS) is 1. The highest BCUT2D eigenvalue weighted by Gasteiger charge is 2.36. The van der Waals surface area contributed by atoms with Crippen LogP contribution >= 0.6 is 0 Å². The zero-order valence-electron chi connectivity index (χ0n) is 12.2. The molecule has 1 heterocycles. The van der Waals surface area contributed by atoms with E-state index in [1.165, 1.54) is 6.42 Å². The van der Waals surface area contributed by atoms with E-state index in [1.54, 1.807) is 4.90 Å². The molecule has 0 spiro atoms. The number of aliphatic carboxylic acids is 1. The lowest BCUT2D eigenvalue weighted by Gasteiger charge is -2.16. The molecule has 1 aliphatic rings.